The van der Waals surface area contributed by atoms with Crippen LogP contribution in [0.5, 0.6) is 0 Å². The third-order valence-electron chi connectivity index (χ3n) is 3.55. The van der Waals surface area contributed by atoms with E-state index in [2.05, 4.69) is 25.7 Å². The minimum Gasteiger partial charge on any atom is -0.376 e. The lowest BCUT2D eigenvalue weighted by Crippen LogP contribution is -2.20. The molecular weight excluding hydrogens is 334 g/mol. The highest BCUT2D eigenvalue weighted by atomic mass is 32.2. The normalized spacial score (nSPS) is 17.5. The van der Waals surface area contributed by atoms with Crippen molar-refractivity contribution < 1.29 is 14.1 Å². The van der Waals surface area contributed by atoms with Crippen LogP contribution in [0.1, 0.15) is 35.2 Å². The van der Waals surface area contributed by atoms with E-state index in [1.165, 1.54) is 11.8 Å². The first-order chi connectivity index (χ1) is 11.7. The standard InChI is InChI=1S/C13H19N7O3S/c1-15-5-9-17-18-13(20(9)6-8-3-2-4-22-8)24-7-10-16-12(11(14)21)19-23-10/h8,15H,2-7H2,1H3,(H2,14,21). The van der Waals surface area contributed by atoms with Gasteiger partial charge in [0.2, 0.25) is 5.89 Å². The molecule has 1 unspecified atom stereocenters. The molecule has 1 aliphatic heterocycles. The summed E-state index contributed by atoms with van der Waals surface area (Å²) in [5.74, 6) is 0.702. The summed E-state index contributed by atoms with van der Waals surface area (Å²) in [6.45, 7) is 2.13. The Kier molecular flexibility index (Phi) is 5.43. The highest BCUT2D eigenvalue weighted by molar-refractivity contribution is 7.98. The molecule has 0 bridgehead atoms. The van der Waals surface area contributed by atoms with E-state index in [0.29, 0.717) is 24.7 Å². The first-order valence-corrected chi connectivity index (χ1v) is 8.59. The number of rotatable bonds is 8. The maximum atomic E-state index is 11.0. The Labute approximate surface area is 142 Å². The van der Waals surface area contributed by atoms with Gasteiger partial charge in [0.25, 0.3) is 11.7 Å². The van der Waals surface area contributed by atoms with Crippen molar-refractivity contribution in [3.8, 4) is 0 Å². The molecule has 0 radical (unpaired) electrons. The number of carbonyl (C=O) groups is 1. The fourth-order valence-electron chi connectivity index (χ4n) is 2.43. The summed E-state index contributed by atoms with van der Waals surface area (Å²) in [4.78, 5) is 14.9. The van der Waals surface area contributed by atoms with Crippen molar-refractivity contribution in [2.24, 2.45) is 5.73 Å². The first kappa shape index (κ1) is 16.9. The van der Waals surface area contributed by atoms with Crippen molar-refractivity contribution in [2.45, 2.75) is 42.9 Å². The molecule has 3 rings (SSSR count). The van der Waals surface area contributed by atoms with Gasteiger partial charge in [-0.15, -0.1) is 10.2 Å². The van der Waals surface area contributed by atoms with Gasteiger partial charge in [0.1, 0.15) is 5.82 Å². The number of primary amides is 1. The molecule has 1 saturated heterocycles. The Morgan fingerprint density at radius 1 is 1.50 bits per heavy atom. The van der Waals surface area contributed by atoms with Crippen LogP contribution in [0.4, 0.5) is 0 Å². The molecule has 1 amide bonds. The monoisotopic (exact) mass is 353 g/mol. The van der Waals surface area contributed by atoms with Crippen LogP contribution in [-0.2, 0) is 23.6 Å². The van der Waals surface area contributed by atoms with E-state index in [1.54, 1.807) is 0 Å². The van der Waals surface area contributed by atoms with Gasteiger partial charge in [-0.1, -0.05) is 16.9 Å². The lowest BCUT2D eigenvalue weighted by molar-refractivity contribution is 0.0941. The second-order valence-corrected chi connectivity index (χ2v) is 6.28. The first-order valence-electron chi connectivity index (χ1n) is 7.61. The Morgan fingerprint density at radius 3 is 3.04 bits per heavy atom. The van der Waals surface area contributed by atoms with Crippen LogP contribution in [0.2, 0.25) is 0 Å². The third kappa shape index (κ3) is 3.91. The van der Waals surface area contributed by atoms with Crippen molar-refractivity contribution in [2.75, 3.05) is 13.7 Å². The lowest BCUT2D eigenvalue weighted by atomic mass is 10.2. The van der Waals surface area contributed by atoms with Crippen molar-refractivity contribution in [1.29, 1.82) is 0 Å². The third-order valence-corrected chi connectivity index (χ3v) is 4.50. The van der Waals surface area contributed by atoms with Crippen molar-refractivity contribution >= 4 is 17.7 Å². The summed E-state index contributed by atoms with van der Waals surface area (Å²) in [6, 6.07) is 0. The molecule has 0 saturated carbocycles. The van der Waals surface area contributed by atoms with Gasteiger partial charge >= 0.3 is 0 Å². The number of hydrogen-bond donors (Lipinski definition) is 2. The molecule has 0 aliphatic carbocycles. The minimum atomic E-state index is -0.715. The van der Waals surface area contributed by atoms with Crippen LogP contribution < -0.4 is 11.1 Å². The molecular formula is C13H19N7O3S. The maximum Gasteiger partial charge on any atom is 0.290 e. The molecule has 1 aliphatic rings. The predicted octanol–water partition coefficient (Wildman–Crippen LogP) is -0.0493. The number of nitrogens with two attached hydrogens (primary N) is 1. The molecule has 1 fully saturated rings. The van der Waals surface area contributed by atoms with Gasteiger partial charge in [0.15, 0.2) is 5.16 Å². The highest BCUT2D eigenvalue weighted by Crippen LogP contribution is 2.23. The second kappa shape index (κ2) is 7.73. The molecule has 0 spiro atoms. The van der Waals surface area contributed by atoms with E-state index < -0.39 is 5.91 Å². The summed E-state index contributed by atoms with van der Waals surface area (Å²) in [5, 5.41) is 15.8. The molecule has 130 valence electrons. The Bertz CT molecular complexity index is 696. The van der Waals surface area contributed by atoms with Crippen LogP contribution in [0, 0.1) is 0 Å². The van der Waals surface area contributed by atoms with Gasteiger partial charge < -0.3 is 24.9 Å². The molecule has 2 aromatic rings. The van der Waals surface area contributed by atoms with E-state index in [-0.39, 0.29) is 11.9 Å². The largest absolute Gasteiger partial charge is 0.376 e. The second-order valence-electron chi connectivity index (χ2n) is 5.34. The van der Waals surface area contributed by atoms with E-state index >= 15 is 0 Å². The van der Waals surface area contributed by atoms with Gasteiger partial charge in [0, 0.05) is 6.61 Å². The Balaban J connectivity index is 1.70. The van der Waals surface area contributed by atoms with Gasteiger partial charge in [-0.2, -0.15) is 4.98 Å². The average Bonchev–Trinajstić information content (AvgIpc) is 3.29. The quantitative estimate of drug-likeness (QED) is 0.626. The molecule has 0 aromatic carbocycles. The number of nitrogens with one attached hydrogen (secondary N) is 1. The Hall–Kier alpha value is -1.98. The summed E-state index contributed by atoms with van der Waals surface area (Å²) in [5.41, 5.74) is 5.11. The smallest absolute Gasteiger partial charge is 0.290 e. The van der Waals surface area contributed by atoms with E-state index in [1.807, 2.05) is 11.6 Å². The summed E-state index contributed by atoms with van der Waals surface area (Å²) >= 11 is 1.41. The average molecular weight is 353 g/mol. The number of nitrogens with zero attached hydrogens (tertiary/aromatic N) is 5. The van der Waals surface area contributed by atoms with Gasteiger partial charge in [-0.05, 0) is 19.9 Å². The number of hydrogen-bond acceptors (Lipinski definition) is 9. The zero-order chi connectivity index (χ0) is 16.9. The van der Waals surface area contributed by atoms with Crippen molar-refractivity contribution in [1.82, 2.24) is 30.2 Å². The van der Waals surface area contributed by atoms with Gasteiger partial charge in [0.05, 0.1) is 24.9 Å². The van der Waals surface area contributed by atoms with E-state index in [0.717, 1.165) is 30.4 Å². The maximum absolute atomic E-state index is 11.0. The topological polar surface area (TPSA) is 134 Å². The summed E-state index contributed by atoms with van der Waals surface area (Å²) < 4.78 is 12.8. The zero-order valence-electron chi connectivity index (χ0n) is 13.3. The number of carbonyl (C=O) groups excluding carboxylic acids is 1. The van der Waals surface area contributed by atoms with E-state index in [4.69, 9.17) is 15.0 Å². The van der Waals surface area contributed by atoms with Crippen LogP contribution in [0.25, 0.3) is 0 Å². The SMILES string of the molecule is CNCc1nnc(SCc2nc(C(N)=O)no2)n1CC1CCCO1. The number of aromatic nitrogens is 5. The summed E-state index contributed by atoms with van der Waals surface area (Å²) in [6.07, 6.45) is 2.29. The molecule has 2 aromatic heterocycles. The molecule has 3 N–H and O–H groups in total. The fraction of sp³-hybridized carbons (Fsp3) is 0.615. The fourth-order valence-corrected chi connectivity index (χ4v) is 3.23. The van der Waals surface area contributed by atoms with Crippen LogP contribution in [0.15, 0.2) is 9.68 Å². The molecule has 1 atom stereocenters. The predicted molar refractivity (Wildman–Crippen MR) is 84.1 cm³/mol. The Morgan fingerprint density at radius 2 is 2.38 bits per heavy atom. The van der Waals surface area contributed by atoms with Crippen LogP contribution in [-0.4, -0.2) is 50.6 Å². The zero-order valence-corrected chi connectivity index (χ0v) is 14.1. The number of thioether (sulfide) groups is 1. The van der Waals surface area contributed by atoms with Gasteiger partial charge in [-0.3, -0.25) is 4.79 Å². The van der Waals surface area contributed by atoms with Crippen molar-refractivity contribution in [3.05, 3.63) is 17.5 Å². The number of ether oxygens (including phenoxy) is 1. The minimum absolute atomic E-state index is 0.123. The van der Waals surface area contributed by atoms with Crippen LogP contribution >= 0.6 is 11.8 Å². The molecule has 3 heterocycles. The molecule has 11 heteroatoms. The van der Waals surface area contributed by atoms with Crippen LogP contribution in [0.3, 0.4) is 0 Å². The van der Waals surface area contributed by atoms with Crippen molar-refractivity contribution in [3.63, 3.8) is 0 Å². The van der Waals surface area contributed by atoms with Gasteiger partial charge in [-0.25, -0.2) is 0 Å². The summed E-state index contributed by atoms with van der Waals surface area (Å²) in [7, 11) is 1.86. The molecule has 24 heavy (non-hydrogen) atoms. The lowest BCUT2D eigenvalue weighted by Gasteiger charge is -2.14. The highest BCUT2D eigenvalue weighted by Gasteiger charge is 2.21. The molecule has 10 nitrogen and oxygen atoms in total. The number of amides is 1. The van der Waals surface area contributed by atoms with E-state index in [9.17, 15) is 4.79 Å².